The zero-order chi connectivity index (χ0) is 24.4. The van der Waals surface area contributed by atoms with Crippen LogP contribution in [0.5, 0.6) is 0 Å². The van der Waals surface area contributed by atoms with Crippen LogP contribution in [-0.4, -0.2) is 87.5 Å². The van der Waals surface area contributed by atoms with Crippen molar-refractivity contribution in [2.45, 2.75) is 70.1 Å². The lowest BCUT2D eigenvalue weighted by Gasteiger charge is -2.31. The zero-order valence-electron chi connectivity index (χ0n) is 18.7. The van der Waals surface area contributed by atoms with Gasteiger partial charge in [0.25, 0.3) is 0 Å². The number of nitrogens with one attached hydrogen (secondary N) is 2. The predicted octanol–water partition coefficient (Wildman–Crippen LogP) is -0.367. The molecule has 0 aromatic rings. The van der Waals surface area contributed by atoms with Crippen LogP contribution < -0.4 is 16.4 Å². The number of thioether (sulfide) groups is 1. The van der Waals surface area contributed by atoms with E-state index in [-0.39, 0.29) is 25.2 Å². The first-order valence-electron chi connectivity index (χ1n) is 10.6. The second-order valence-electron chi connectivity index (χ2n) is 8.14. The minimum Gasteiger partial charge on any atom is -0.481 e. The number of rotatable bonds is 13. The molecule has 4 unspecified atom stereocenters. The Balaban J connectivity index is 2.86. The molecule has 1 aliphatic heterocycles. The van der Waals surface area contributed by atoms with Gasteiger partial charge in [0.1, 0.15) is 18.1 Å². The smallest absolute Gasteiger partial charge is 0.326 e. The fourth-order valence-electron chi connectivity index (χ4n) is 3.43. The van der Waals surface area contributed by atoms with Gasteiger partial charge in [0, 0.05) is 13.0 Å². The fourth-order valence-corrected chi connectivity index (χ4v) is 3.90. The zero-order valence-corrected chi connectivity index (χ0v) is 19.5. The number of carboxylic acid groups (broad SMARTS) is 2. The number of hydrogen-bond acceptors (Lipinski definition) is 7. The van der Waals surface area contributed by atoms with Gasteiger partial charge in [-0.3, -0.25) is 19.2 Å². The van der Waals surface area contributed by atoms with Crippen LogP contribution in [0.25, 0.3) is 0 Å². The SMILES string of the molecule is CSCCC(NC(=O)C1CCCN1C(=O)C(NC(=O)C(N)CCC(=O)O)C(C)C)C(=O)O. The first kappa shape index (κ1) is 27.7. The molecular formula is C20H34N4O7S. The van der Waals surface area contributed by atoms with Crippen LogP contribution in [0.2, 0.25) is 0 Å². The molecule has 0 aromatic carbocycles. The Morgan fingerprint density at radius 1 is 1.12 bits per heavy atom. The number of nitrogens with zero attached hydrogens (tertiary/aromatic N) is 1. The van der Waals surface area contributed by atoms with E-state index in [1.807, 2.05) is 6.26 Å². The van der Waals surface area contributed by atoms with Crippen LogP contribution in [0, 0.1) is 5.92 Å². The number of carboxylic acids is 2. The average molecular weight is 475 g/mol. The molecule has 3 amide bonds. The van der Waals surface area contributed by atoms with Crippen molar-refractivity contribution in [2.75, 3.05) is 18.6 Å². The van der Waals surface area contributed by atoms with E-state index in [2.05, 4.69) is 10.6 Å². The Bertz CT molecular complexity index is 703. The molecule has 12 heteroatoms. The van der Waals surface area contributed by atoms with Gasteiger partial charge >= 0.3 is 11.9 Å². The van der Waals surface area contributed by atoms with Gasteiger partial charge in [-0.15, -0.1) is 0 Å². The van der Waals surface area contributed by atoms with Crippen molar-refractivity contribution >= 4 is 41.4 Å². The van der Waals surface area contributed by atoms with E-state index in [4.69, 9.17) is 10.8 Å². The molecule has 0 aromatic heterocycles. The van der Waals surface area contributed by atoms with Gasteiger partial charge in [-0.2, -0.15) is 11.8 Å². The Labute approximate surface area is 191 Å². The van der Waals surface area contributed by atoms with Crippen LogP contribution in [0.3, 0.4) is 0 Å². The number of carbonyl (C=O) groups excluding carboxylic acids is 3. The molecule has 0 radical (unpaired) electrons. The molecule has 1 saturated heterocycles. The van der Waals surface area contributed by atoms with E-state index in [0.29, 0.717) is 25.1 Å². The van der Waals surface area contributed by atoms with E-state index in [0.717, 1.165) is 0 Å². The molecule has 6 N–H and O–H groups in total. The summed E-state index contributed by atoms with van der Waals surface area (Å²) in [5.74, 6) is -3.58. The average Bonchev–Trinajstić information content (AvgIpc) is 3.21. The van der Waals surface area contributed by atoms with E-state index in [9.17, 15) is 29.1 Å². The lowest BCUT2D eigenvalue weighted by atomic mass is 10.0. The molecule has 0 saturated carbocycles. The minimum atomic E-state index is -1.13. The molecule has 1 fully saturated rings. The molecular weight excluding hydrogens is 440 g/mol. The Morgan fingerprint density at radius 2 is 1.78 bits per heavy atom. The molecule has 1 heterocycles. The topological polar surface area (TPSA) is 179 Å². The molecule has 1 rings (SSSR count). The van der Waals surface area contributed by atoms with Gasteiger partial charge < -0.3 is 31.5 Å². The third-order valence-corrected chi connectivity index (χ3v) is 5.94. The van der Waals surface area contributed by atoms with Gasteiger partial charge in [-0.25, -0.2) is 4.79 Å². The third-order valence-electron chi connectivity index (χ3n) is 5.30. The largest absolute Gasteiger partial charge is 0.481 e. The van der Waals surface area contributed by atoms with E-state index in [1.54, 1.807) is 13.8 Å². The first-order valence-corrected chi connectivity index (χ1v) is 12.0. The Kier molecular flexibility index (Phi) is 11.5. The van der Waals surface area contributed by atoms with Crippen LogP contribution >= 0.6 is 11.8 Å². The maximum Gasteiger partial charge on any atom is 0.326 e. The molecule has 0 spiro atoms. The quantitative estimate of drug-likeness (QED) is 0.238. The molecule has 0 bridgehead atoms. The second kappa shape index (κ2) is 13.3. The van der Waals surface area contributed by atoms with E-state index >= 15 is 0 Å². The van der Waals surface area contributed by atoms with Gasteiger partial charge in [0.05, 0.1) is 6.04 Å². The minimum absolute atomic E-state index is 0.0679. The van der Waals surface area contributed by atoms with Gasteiger partial charge in [-0.05, 0) is 43.6 Å². The molecule has 182 valence electrons. The van der Waals surface area contributed by atoms with Crippen LogP contribution in [-0.2, 0) is 24.0 Å². The number of aliphatic carboxylic acids is 2. The third kappa shape index (κ3) is 8.30. The highest BCUT2D eigenvalue weighted by molar-refractivity contribution is 7.98. The monoisotopic (exact) mass is 474 g/mol. The maximum absolute atomic E-state index is 13.2. The van der Waals surface area contributed by atoms with Gasteiger partial charge in [-0.1, -0.05) is 13.8 Å². The molecule has 32 heavy (non-hydrogen) atoms. The standard InChI is InChI=1S/C20H34N4O7S/c1-11(2)16(23-17(27)12(21)6-7-15(25)26)19(29)24-9-4-5-14(24)18(28)22-13(20(30)31)8-10-32-3/h11-14,16H,4-10,21H2,1-3H3,(H,22,28)(H,23,27)(H,25,26)(H,30,31). The fraction of sp³-hybridized carbons (Fsp3) is 0.750. The molecule has 0 aliphatic carbocycles. The molecule has 1 aliphatic rings. The summed E-state index contributed by atoms with van der Waals surface area (Å²) in [6, 6.07) is -3.89. The normalized spacial score (nSPS) is 18.7. The van der Waals surface area contributed by atoms with Crippen LogP contribution in [0.15, 0.2) is 0 Å². The van der Waals surface area contributed by atoms with Crippen molar-refractivity contribution in [2.24, 2.45) is 11.7 Å². The number of amides is 3. The lowest BCUT2D eigenvalue weighted by Crippen LogP contribution is -2.58. The summed E-state index contributed by atoms with van der Waals surface area (Å²) in [5.41, 5.74) is 5.74. The maximum atomic E-state index is 13.2. The first-order chi connectivity index (χ1) is 15.0. The van der Waals surface area contributed by atoms with E-state index < -0.39 is 53.8 Å². The van der Waals surface area contributed by atoms with Crippen molar-refractivity contribution < 1.29 is 34.2 Å². The van der Waals surface area contributed by atoms with Crippen molar-refractivity contribution in [1.82, 2.24) is 15.5 Å². The molecule has 11 nitrogen and oxygen atoms in total. The summed E-state index contributed by atoms with van der Waals surface area (Å²) >= 11 is 1.47. The highest BCUT2D eigenvalue weighted by Crippen LogP contribution is 2.21. The lowest BCUT2D eigenvalue weighted by molar-refractivity contribution is -0.145. The summed E-state index contributed by atoms with van der Waals surface area (Å²) < 4.78 is 0. The number of hydrogen-bond donors (Lipinski definition) is 5. The second-order valence-corrected chi connectivity index (χ2v) is 9.13. The highest BCUT2D eigenvalue weighted by atomic mass is 32.2. The van der Waals surface area contributed by atoms with Gasteiger partial charge in [0.2, 0.25) is 17.7 Å². The Morgan fingerprint density at radius 3 is 2.31 bits per heavy atom. The number of nitrogens with two attached hydrogens (primary N) is 1. The summed E-state index contributed by atoms with van der Waals surface area (Å²) in [6.07, 6.45) is 2.73. The van der Waals surface area contributed by atoms with Crippen LogP contribution in [0.4, 0.5) is 0 Å². The van der Waals surface area contributed by atoms with Crippen LogP contribution in [0.1, 0.15) is 46.0 Å². The summed E-state index contributed by atoms with van der Waals surface area (Å²) in [7, 11) is 0. The van der Waals surface area contributed by atoms with Crippen molar-refractivity contribution in [3.63, 3.8) is 0 Å². The molecule has 4 atom stereocenters. The summed E-state index contributed by atoms with van der Waals surface area (Å²) in [4.78, 5) is 61.9. The highest BCUT2D eigenvalue weighted by Gasteiger charge is 2.39. The summed E-state index contributed by atoms with van der Waals surface area (Å²) in [6.45, 7) is 3.78. The van der Waals surface area contributed by atoms with Crippen molar-refractivity contribution in [3.05, 3.63) is 0 Å². The van der Waals surface area contributed by atoms with Gasteiger partial charge in [0.15, 0.2) is 0 Å². The summed E-state index contributed by atoms with van der Waals surface area (Å²) in [5, 5.41) is 23.2. The van der Waals surface area contributed by atoms with E-state index in [1.165, 1.54) is 16.7 Å². The number of likely N-dealkylation sites (tertiary alicyclic amines) is 1. The number of carbonyl (C=O) groups is 5. The van der Waals surface area contributed by atoms with Crippen molar-refractivity contribution in [3.8, 4) is 0 Å². The predicted molar refractivity (Wildman–Crippen MR) is 119 cm³/mol. The Hall–Kier alpha value is -2.34. The van der Waals surface area contributed by atoms with Crippen molar-refractivity contribution in [1.29, 1.82) is 0 Å².